The van der Waals surface area contributed by atoms with Crippen LogP contribution in [0.2, 0.25) is 0 Å². The summed E-state index contributed by atoms with van der Waals surface area (Å²) in [6.45, 7) is 5.28. The van der Waals surface area contributed by atoms with Crippen molar-refractivity contribution in [2.75, 3.05) is 13.1 Å². The molecule has 168 valence electrons. The standard InChI is InChI=1S/C26H32N4O2/c1-20-9-11-21(12-10-20)26(13-3-4-14-26)25-28-24(32-29-25)18-30-16-6-8-23(17-30)31-19-22-7-2-5-15-27-22/h2,5,7,9-12,15,23H,3-4,6,8,13-14,16-19H2,1H3/t23-/m0/s1. The van der Waals surface area contributed by atoms with Crippen LogP contribution in [0.25, 0.3) is 0 Å². The number of piperidine rings is 1. The lowest BCUT2D eigenvalue weighted by Gasteiger charge is -2.31. The lowest BCUT2D eigenvalue weighted by Crippen LogP contribution is -2.39. The third kappa shape index (κ3) is 4.62. The van der Waals surface area contributed by atoms with Crippen LogP contribution in [0, 0.1) is 6.92 Å². The Labute approximate surface area is 190 Å². The Hall–Kier alpha value is -2.57. The average Bonchev–Trinajstić information content (AvgIpc) is 3.50. The van der Waals surface area contributed by atoms with E-state index in [1.807, 2.05) is 24.4 Å². The van der Waals surface area contributed by atoms with Gasteiger partial charge < -0.3 is 9.26 Å². The van der Waals surface area contributed by atoms with Crippen molar-refractivity contribution in [3.63, 3.8) is 0 Å². The van der Waals surface area contributed by atoms with Gasteiger partial charge in [0.2, 0.25) is 5.89 Å². The Morgan fingerprint density at radius 1 is 1.09 bits per heavy atom. The molecular weight excluding hydrogens is 400 g/mol. The number of rotatable bonds is 7. The van der Waals surface area contributed by atoms with E-state index in [0.29, 0.717) is 19.0 Å². The minimum Gasteiger partial charge on any atom is -0.371 e. The summed E-state index contributed by atoms with van der Waals surface area (Å²) in [5.74, 6) is 1.57. The molecule has 32 heavy (non-hydrogen) atoms. The SMILES string of the molecule is Cc1ccc(C2(c3noc(CN4CCC[C@H](OCc5ccccn5)C4)n3)CCCC2)cc1. The predicted molar refractivity (Wildman–Crippen MR) is 122 cm³/mol. The maximum Gasteiger partial charge on any atom is 0.240 e. The molecule has 1 saturated heterocycles. The van der Waals surface area contributed by atoms with Crippen molar-refractivity contribution in [2.24, 2.45) is 0 Å². The Morgan fingerprint density at radius 3 is 2.72 bits per heavy atom. The Kier molecular flexibility index (Phi) is 6.32. The summed E-state index contributed by atoms with van der Waals surface area (Å²) in [6.07, 6.45) is 8.80. The first-order valence-electron chi connectivity index (χ1n) is 11.9. The van der Waals surface area contributed by atoms with Crippen LogP contribution in [0.3, 0.4) is 0 Å². The molecule has 3 heterocycles. The van der Waals surface area contributed by atoms with E-state index in [2.05, 4.69) is 46.2 Å². The highest BCUT2D eigenvalue weighted by Gasteiger charge is 2.41. The van der Waals surface area contributed by atoms with Crippen LogP contribution >= 0.6 is 0 Å². The summed E-state index contributed by atoms with van der Waals surface area (Å²) in [7, 11) is 0. The van der Waals surface area contributed by atoms with E-state index in [0.717, 1.165) is 50.3 Å². The molecule has 0 unspecified atom stereocenters. The van der Waals surface area contributed by atoms with E-state index in [1.54, 1.807) is 0 Å². The van der Waals surface area contributed by atoms with E-state index in [1.165, 1.54) is 24.0 Å². The Balaban J connectivity index is 1.24. The maximum atomic E-state index is 6.14. The molecule has 1 aromatic carbocycles. The van der Waals surface area contributed by atoms with E-state index in [9.17, 15) is 0 Å². The van der Waals surface area contributed by atoms with Crippen LogP contribution in [0.1, 0.15) is 67.1 Å². The summed E-state index contributed by atoms with van der Waals surface area (Å²) < 4.78 is 11.9. The van der Waals surface area contributed by atoms with Crippen LogP contribution < -0.4 is 0 Å². The zero-order valence-electron chi connectivity index (χ0n) is 18.9. The zero-order chi connectivity index (χ0) is 21.8. The lowest BCUT2D eigenvalue weighted by molar-refractivity contribution is -0.0153. The molecule has 1 aliphatic heterocycles. The van der Waals surface area contributed by atoms with Gasteiger partial charge in [-0.1, -0.05) is 53.9 Å². The van der Waals surface area contributed by atoms with Crippen molar-refractivity contribution < 1.29 is 9.26 Å². The van der Waals surface area contributed by atoms with Crippen molar-refractivity contribution in [3.8, 4) is 0 Å². The fourth-order valence-corrected chi connectivity index (χ4v) is 5.18. The lowest BCUT2D eigenvalue weighted by atomic mass is 9.78. The van der Waals surface area contributed by atoms with Gasteiger partial charge in [0, 0.05) is 12.7 Å². The second kappa shape index (κ2) is 9.51. The predicted octanol–water partition coefficient (Wildman–Crippen LogP) is 4.81. The number of aryl methyl sites for hydroxylation is 1. The van der Waals surface area contributed by atoms with E-state index in [-0.39, 0.29) is 11.5 Å². The largest absolute Gasteiger partial charge is 0.371 e. The van der Waals surface area contributed by atoms with Gasteiger partial charge in [-0.15, -0.1) is 0 Å². The van der Waals surface area contributed by atoms with Crippen LogP contribution in [0.4, 0.5) is 0 Å². The van der Waals surface area contributed by atoms with Gasteiger partial charge in [0.15, 0.2) is 5.82 Å². The monoisotopic (exact) mass is 432 g/mol. The topological polar surface area (TPSA) is 64.3 Å². The van der Waals surface area contributed by atoms with Crippen molar-refractivity contribution in [1.29, 1.82) is 0 Å². The molecule has 1 atom stereocenters. The number of aromatic nitrogens is 3. The first-order valence-corrected chi connectivity index (χ1v) is 11.9. The molecule has 1 aliphatic carbocycles. The third-order valence-electron chi connectivity index (χ3n) is 6.97. The molecule has 3 aromatic rings. The molecule has 0 amide bonds. The smallest absolute Gasteiger partial charge is 0.240 e. The molecule has 0 bridgehead atoms. The highest BCUT2D eigenvalue weighted by molar-refractivity contribution is 5.35. The number of pyridine rings is 1. The van der Waals surface area contributed by atoms with Gasteiger partial charge in [0.25, 0.3) is 0 Å². The van der Waals surface area contributed by atoms with Crippen LogP contribution in [0.15, 0.2) is 53.2 Å². The minimum atomic E-state index is -0.105. The molecule has 2 fully saturated rings. The molecular formula is C26H32N4O2. The highest BCUT2D eigenvalue weighted by atomic mass is 16.5. The van der Waals surface area contributed by atoms with Gasteiger partial charge in [0.1, 0.15) is 0 Å². The maximum absolute atomic E-state index is 6.14. The molecule has 0 radical (unpaired) electrons. The quantitative estimate of drug-likeness (QED) is 0.534. The molecule has 2 aromatic heterocycles. The molecule has 6 nitrogen and oxygen atoms in total. The van der Waals surface area contributed by atoms with Gasteiger partial charge in [-0.05, 0) is 56.8 Å². The summed E-state index contributed by atoms with van der Waals surface area (Å²) >= 11 is 0. The van der Waals surface area contributed by atoms with Gasteiger partial charge in [0.05, 0.1) is 30.4 Å². The minimum absolute atomic E-state index is 0.105. The van der Waals surface area contributed by atoms with Crippen molar-refractivity contribution in [1.82, 2.24) is 20.0 Å². The number of likely N-dealkylation sites (tertiary alicyclic amines) is 1. The molecule has 5 rings (SSSR count). The van der Waals surface area contributed by atoms with Gasteiger partial charge in [-0.3, -0.25) is 9.88 Å². The molecule has 6 heteroatoms. The Morgan fingerprint density at radius 2 is 1.94 bits per heavy atom. The third-order valence-corrected chi connectivity index (χ3v) is 6.97. The van der Waals surface area contributed by atoms with Crippen molar-refractivity contribution in [2.45, 2.75) is 70.1 Å². The van der Waals surface area contributed by atoms with E-state index in [4.69, 9.17) is 14.2 Å². The molecule has 0 N–H and O–H groups in total. The highest BCUT2D eigenvalue weighted by Crippen LogP contribution is 2.45. The Bertz CT molecular complexity index is 996. The zero-order valence-corrected chi connectivity index (χ0v) is 18.9. The second-order valence-electron chi connectivity index (χ2n) is 9.30. The molecule has 0 spiro atoms. The fraction of sp³-hybridized carbons (Fsp3) is 0.500. The fourth-order valence-electron chi connectivity index (χ4n) is 5.18. The first kappa shape index (κ1) is 21.3. The van der Waals surface area contributed by atoms with Crippen LogP contribution in [0.5, 0.6) is 0 Å². The number of hydrogen-bond acceptors (Lipinski definition) is 6. The number of benzene rings is 1. The van der Waals surface area contributed by atoms with E-state index >= 15 is 0 Å². The number of hydrogen-bond donors (Lipinski definition) is 0. The summed E-state index contributed by atoms with van der Waals surface area (Å²) in [6, 6.07) is 14.8. The van der Waals surface area contributed by atoms with Gasteiger partial charge in [-0.2, -0.15) is 4.98 Å². The first-order chi connectivity index (χ1) is 15.7. The number of nitrogens with zero attached hydrogens (tertiary/aromatic N) is 4. The molecule has 2 aliphatic rings. The van der Waals surface area contributed by atoms with Crippen molar-refractivity contribution >= 4 is 0 Å². The normalized spacial score (nSPS) is 21.1. The number of ether oxygens (including phenoxy) is 1. The van der Waals surface area contributed by atoms with E-state index < -0.39 is 0 Å². The van der Waals surface area contributed by atoms with Crippen molar-refractivity contribution in [3.05, 3.63) is 77.2 Å². The summed E-state index contributed by atoms with van der Waals surface area (Å²) in [4.78, 5) is 11.6. The van der Waals surface area contributed by atoms with Gasteiger partial charge in [-0.25, -0.2) is 0 Å². The van der Waals surface area contributed by atoms with Crippen LogP contribution in [-0.4, -0.2) is 39.2 Å². The van der Waals surface area contributed by atoms with Crippen LogP contribution in [-0.2, 0) is 23.3 Å². The summed E-state index contributed by atoms with van der Waals surface area (Å²) in [5.41, 5.74) is 3.46. The molecule has 1 saturated carbocycles. The average molecular weight is 433 g/mol. The van der Waals surface area contributed by atoms with Gasteiger partial charge >= 0.3 is 0 Å². The second-order valence-corrected chi connectivity index (χ2v) is 9.30. The summed E-state index contributed by atoms with van der Waals surface area (Å²) in [5, 5.41) is 4.48.